The molecular weight excluding hydrogens is 215 g/mol. The number of hydrogen-bond donors (Lipinski definition) is 1. The van der Waals surface area contributed by atoms with Crippen LogP contribution in [0.5, 0.6) is 0 Å². The SMILES string of the molecule is CC(NC1CCN(C)CC1)c1cccc(F)c1. The molecule has 3 heteroatoms. The Morgan fingerprint density at radius 2 is 2.06 bits per heavy atom. The van der Waals surface area contributed by atoms with Crippen LogP contribution in [0.3, 0.4) is 0 Å². The summed E-state index contributed by atoms with van der Waals surface area (Å²) in [6.45, 7) is 4.40. The van der Waals surface area contributed by atoms with E-state index in [-0.39, 0.29) is 11.9 Å². The Labute approximate surface area is 103 Å². The van der Waals surface area contributed by atoms with Crippen LogP contribution in [0.1, 0.15) is 31.4 Å². The lowest BCUT2D eigenvalue weighted by Crippen LogP contribution is -2.41. The van der Waals surface area contributed by atoms with E-state index in [1.54, 1.807) is 12.1 Å². The molecule has 1 N–H and O–H groups in total. The summed E-state index contributed by atoms with van der Waals surface area (Å²) in [6.07, 6.45) is 2.35. The molecule has 17 heavy (non-hydrogen) atoms. The Bertz CT molecular complexity index is 359. The van der Waals surface area contributed by atoms with E-state index in [9.17, 15) is 4.39 Å². The first-order chi connectivity index (χ1) is 8.15. The summed E-state index contributed by atoms with van der Waals surface area (Å²) < 4.78 is 13.1. The molecule has 0 spiro atoms. The van der Waals surface area contributed by atoms with Gasteiger partial charge in [0.1, 0.15) is 5.82 Å². The van der Waals surface area contributed by atoms with Crippen LogP contribution in [0.15, 0.2) is 24.3 Å². The second-order valence-corrected chi connectivity index (χ2v) is 5.02. The van der Waals surface area contributed by atoms with E-state index < -0.39 is 0 Å². The second-order valence-electron chi connectivity index (χ2n) is 5.02. The summed E-state index contributed by atoms with van der Waals surface area (Å²) in [6, 6.07) is 7.65. The van der Waals surface area contributed by atoms with Crippen molar-refractivity contribution in [3.8, 4) is 0 Å². The van der Waals surface area contributed by atoms with Crippen LogP contribution in [0.25, 0.3) is 0 Å². The van der Waals surface area contributed by atoms with Crippen molar-refractivity contribution in [2.24, 2.45) is 0 Å². The Kier molecular flexibility index (Phi) is 4.13. The van der Waals surface area contributed by atoms with Crippen LogP contribution in [0.4, 0.5) is 4.39 Å². The average Bonchev–Trinajstić information content (AvgIpc) is 2.32. The standard InChI is InChI=1S/C14H21FN2/c1-11(12-4-3-5-13(15)10-12)16-14-6-8-17(2)9-7-14/h3-5,10-11,14,16H,6-9H2,1-2H3. The molecule has 1 heterocycles. The average molecular weight is 236 g/mol. The Morgan fingerprint density at radius 1 is 1.35 bits per heavy atom. The van der Waals surface area contributed by atoms with E-state index in [0.717, 1.165) is 18.7 Å². The molecule has 1 aromatic carbocycles. The molecule has 1 aliphatic heterocycles. The summed E-state index contributed by atoms with van der Waals surface area (Å²) in [5, 5.41) is 3.59. The Morgan fingerprint density at radius 3 is 2.71 bits per heavy atom. The van der Waals surface area contributed by atoms with Gasteiger partial charge in [-0.1, -0.05) is 12.1 Å². The molecule has 0 bridgehead atoms. The van der Waals surface area contributed by atoms with E-state index in [0.29, 0.717) is 6.04 Å². The van der Waals surface area contributed by atoms with Crippen molar-refractivity contribution in [3.63, 3.8) is 0 Å². The molecule has 0 radical (unpaired) electrons. The maximum Gasteiger partial charge on any atom is 0.123 e. The third kappa shape index (κ3) is 3.51. The first-order valence-corrected chi connectivity index (χ1v) is 6.35. The van der Waals surface area contributed by atoms with Crippen molar-refractivity contribution in [2.75, 3.05) is 20.1 Å². The zero-order chi connectivity index (χ0) is 12.3. The number of likely N-dealkylation sites (tertiary alicyclic amines) is 1. The van der Waals surface area contributed by atoms with E-state index in [1.807, 2.05) is 6.07 Å². The molecule has 1 atom stereocenters. The third-order valence-electron chi connectivity index (χ3n) is 3.55. The molecule has 1 saturated heterocycles. The van der Waals surface area contributed by atoms with Gasteiger partial charge in [0.15, 0.2) is 0 Å². The number of nitrogens with zero attached hydrogens (tertiary/aromatic N) is 1. The molecule has 1 unspecified atom stereocenters. The summed E-state index contributed by atoms with van der Waals surface area (Å²) >= 11 is 0. The van der Waals surface area contributed by atoms with E-state index in [2.05, 4.69) is 24.2 Å². The molecule has 94 valence electrons. The molecule has 2 rings (SSSR count). The van der Waals surface area contributed by atoms with Gasteiger partial charge >= 0.3 is 0 Å². The van der Waals surface area contributed by atoms with Gasteiger partial charge in [-0.2, -0.15) is 0 Å². The topological polar surface area (TPSA) is 15.3 Å². The fraction of sp³-hybridized carbons (Fsp3) is 0.571. The first kappa shape index (κ1) is 12.5. The Balaban J connectivity index is 1.90. The number of halogens is 1. The van der Waals surface area contributed by atoms with Gasteiger partial charge in [-0.05, 0) is 57.6 Å². The molecular formula is C14H21FN2. The largest absolute Gasteiger partial charge is 0.307 e. The highest BCUT2D eigenvalue weighted by atomic mass is 19.1. The molecule has 2 nitrogen and oxygen atoms in total. The molecule has 1 aliphatic rings. The van der Waals surface area contributed by atoms with Crippen molar-refractivity contribution in [1.82, 2.24) is 10.2 Å². The van der Waals surface area contributed by atoms with Crippen LogP contribution >= 0.6 is 0 Å². The van der Waals surface area contributed by atoms with Crippen LogP contribution in [0, 0.1) is 5.82 Å². The van der Waals surface area contributed by atoms with Crippen LogP contribution in [0.2, 0.25) is 0 Å². The zero-order valence-electron chi connectivity index (χ0n) is 10.6. The highest BCUT2D eigenvalue weighted by Gasteiger charge is 2.18. The Hall–Kier alpha value is -0.930. The molecule has 1 aromatic rings. The van der Waals surface area contributed by atoms with E-state index >= 15 is 0 Å². The van der Waals surface area contributed by atoms with Crippen molar-refractivity contribution < 1.29 is 4.39 Å². The number of rotatable bonds is 3. The highest BCUT2D eigenvalue weighted by molar-refractivity contribution is 5.19. The van der Waals surface area contributed by atoms with Gasteiger partial charge < -0.3 is 10.2 Å². The van der Waals surface area contributed by atoms with Gasteiger partial charge in [0.25, 0.3) is 0 Å². The minimum Gasteiger partial charge on any atom is -0.307 e. The van der Waals surface area contributed by atoms with Crippen LogP contribution < -0.4 is 5.32 Å². The number of hydrogen-bond acceptors (Lipinski definition) is 2. The number of nitrogens with one attached hydrogen (secondary N) is 1. The smallest absolute Gasteiger partial charge is 0.123 e. The normalized spacial score (nSPS) is 20.4. The summed E-state index contributed by atoms with van der Waals surface area (Å²) in [7, 11) is 2.16. The van der Waals surface area contributed by atoms with Gasteiger partial charge in [0, 0.05) is 12.1 Å². The number of benzene rings is 1. The fourth-order valence-corrected chi connectivity index (χ4v) is 2.40. The van der Waals surface area contributed by atoms with Gasteiger partial charge in [-0.25, -0.2) is 4.39 Å². The van der Waals surface area contributed by atoms with Gasteiger partial charge in [0.05, 0.1) is 0 Å². The molecule has 0 saturated carbocycles. The maximum atomic E-state index is 13.1. The lowest BCUT2D eigenvalue weighted by atomic mass is 10.0. The van der Waals surface area contributed by atoms with Crippen molar-refractivity contribution >= 4 is 0 Å². The fourth-order valence-electron chi connectivity index (χ4n) is 2.40. The molecule has 0 aliphatic carbocycles. The van der Waals surface area contributed by atoms with E-state index in [4.69, 9.17) is 0 Å². The monoisotopic (exact) mass is 236 g/mol. The highest BCUT2D eigenvalue weighted by Crippen LogP contribution is 2.17. The van der Waals surface area contributed by atoms with E-state index in [1.165, 1.54) is 18.9 Å². The van der Waals surface area contributed by atoms with Crippen LogP contribution in [-0.4, -0.2) is 31.1 Å². The predicted octanol–water partition coefficient (Wildman–Crippen LogP) is 2.57. The third-order valence-corrected chi connectivity index (χ3v) is 3.55. The lowest BCUT2D eigenvalue weighted by molar-refractivity contribution is 0.226. The summed E-state index contributed by atoms with van der Waals surface area (Å²) in [5.74, 6) is -0.153. The molecule has 0 aromatic heterocycles. The second kappa shape index (κ2) is 5.61. The van der Waals surface area contributed by atoms with Crippen LogP contribution in [-0.2, 0) is 0 Å². The van der Waals surface area contributed by atoms with Crippen molar-refractivity contribution in [3.05, 3.63) is 35.6 Å². The van der Waals surface area contributed by atoms with Crippen molar-refractivity contribution in [2.45, 2.75) is 31.8 Å². The summed E-state index contributed by atoms with van der Waals surface area (Å²) in [5.41, 5.74) is 1.03. The lowest BCUT2D eigenvalue weighted by Gasteiger charge is -2.31. The molecule has 1 fully saturated rings. The van der Waals surface area contributed by atoms with Gasteiger partial charge in [-0.15, -0.1) is 0 Å². The first-order valence-electron chi connectivity index (χ1n) is 6.35. The minimum absolute atomic E-state index is 0.153. The van der Waals surface area contributed by atoms with Gasteiger partial charge in [-0.3, -0.25) is 0 Å². The van der Waals surface area contributed by atoms with Crippen molar-refractivity contribution in [1.29, 1.82) is 0 Å². The number of piperidine rings is 1. The molecule has 0 amide bonds. The quantitative estimate of drug-likeness (QED) is 0.867. The zero-order valence-corrected chi connectivity index (χ0v) is 10.6. The predicted molar refractivity (Wildman–Crippen MR) is 68.5 cm³/mol. The summed E-state index contributed by atoms with van der Waals surface area (Å²) in [4.78, 5) is 2.35. The van der Waals surface area contributed by atoms with Gasteiger partial charge in [0.2, 0.25) is 0 Å². The minimum atomic E-state index is -0.153. The maximum absolute atomic E-state index is 13.1.